The molecule has 13 atom stereocenters. The zero-order chi connectivity index (χ0) is 72.9. The Morgan fingerprint density at radius 2 is 1.31 bits per heavy atom. The van der Waals surface area contributed by atoms with E-state index in [1.54, 1.807) is 36.6 Å². The number of amides is 11. The summed E-state index contributed by atoms with van der Waals surface area (Å²) in [6.45, 7) is -0.176. The van der Waals surface area contributed by atoms with Crippen LogP contribution in [0.2, 0.25) is 0 Å². The highest BCUT2D eigenvalue weighted by atomic mass is 32.2. The quantitative estimate of drug-likeness (QED) is 0.0134. The molecule has 37 nitrogen and oxygen atoms in total. The molecule has 2 saturated heterocycles. The second-order valence-corrected chi connectivity index (χ2v) is 24.0. The first kappa shape index (κ1) is 80.2. The Hall–Kier alpha value is -10.2. The number of likely N-dealkylation sites (tertiary alicyclic amines) is 1. The van der Waals surface area contributed by atoms with Crippen molar-refractivity contribution in [3.63, 3.8) is 0 Å². The number of cyclic esters (lactones) is 1. The lowest BCUT2D eigenvalue weighted by Gasteiger charge is -2.31. The fourth-order valence-corrected chi connectivity index (χ4v) is 10.4. The highest BCUT2D eigenvalue weighted by molar-refractivity contribution is 7.98. The summed E-state index contributed by atoms with van der Waals surface area (Å²) in [5.74, 6) is -18.8. The van der Waals surface area contributed by atoms with E-state index in [4.69, 9.17) is 27.0 Å². The SMILES string of the molecule is CSCC[C@H](NC(=O)[C@@H](NC(=O)[C@H](C)NC(=O)[C@@H](N)Cc1ccccc1)[C@@H](C)O)C(=O)N[C@@H](CCCN=C(N)N)C(=O)N[C@@H](Cc1ccc(O)cc1)C(=O)N1CCC[C@H]1C(=O)NC1COC(=O)C[C@@H](C(=O)N[C@@H](CCC(=O)O)C(=O)O)NC(=O)[C@H](CO)NC(=O)C(CC(=O)O)NC1=O. The number of guanidine groups is 1. The van der Waals surface area contributed by atoms with Gasteiger partial charge < -0.3 is 111 Å². The second-order valence-electron chi connectivity index (χ2n) is 23.0. The summed E-state index contributed by atoms with van der Waals surface area (Å²) in [4.78, 5) is 207. The van der Waals surface area contributed by atoms with Crippen molar-refractivity contribution in [1.82, 2.24) is 58.1 Å². The van der Waals surface area contributed by atoms with Crippen molar-refractivity contribution in [2.45, 2.75) is 163 Å². The first-order chi connectivity index (χ1) is 46.3. The molecule has 0 radical (unpaired) electrons. The lowest BCUT2D eigenvalue weighted by molar-refractivity contribution is -0.150. The minimum atomic E-state index is -2.10. The molecule has 22 N–H and O–H groups in total. The number of aliphatic hydroxyl groups is 2. The maximum absolute atomic E-state index is 15.0. The van der Waals surface area contributed by atoms with Crippen LogP contribution >= 0.6 is 11.8 Å². The lowest BCUT2D eigenvalue weighted by atomic mass is 10.0. The Morgan fingerprint density at radius 3 is 1.91 bits per heavy atom. The zero-order valence-corrected chi connectivity index (χ0v) is 54.6. The molecule has 2 heterocycles. The van der Waals surface area contributed by atoms with Crippen LogP contribution in [0.15, 0.2) is 59.6 Å². The molecule has 98 heavy (non-hydrogen) atoms. The summed E-state index contributed by atoms with van der Waals surface area (Å²) in [7, 11) is 0. The largest absolute Gasteiger partial charge is 0.508 e. The summed E-state index contributed by atoms with van der Waals surface area (Å²) in [5, 5.41) is 82.6. The molecule has 2 unspecified atom stereocenters. The van der Waals surface area contributed by atoms with E-state index in [1.807, 2.05) is 16.0 Å². The summed E-state index contributed by atoms with van der Waals surface area (Å²) in [6, 6.07) is -6.21. The molecule has 0 aromatic heterocycles. The number of aliphatic hydroxyl groups excluding tert-OH is 2. The summed E-state index contributed by atoms with van der Waals surface area (Å²) >= 11 is 1.27. The van der Waals surface area contributed by atoms with Gasteiger partial charge in [-0.1, -0.05) is 42.5 Å². The molecular weight excluding hydrogens is 1310 g/mol. The van der Waals surface area contributed by atoms with Gasteiger partial charge in [0.1, 0.15) is 78.8 Å². The number of aliphatic carboxylic acids is 3. The number of aromatic hydroxyl groups is 1. The molecule has 0 aliphatic carbocycles. The van der Waals surface area contributed by atoms with Crippen molar-refractivity contribution < 1.29 is 107 Å². The lowest BCUT2D eigenvalue weighted by Crippen LogP contribution is -2.62. The van der Waals surface area contributed by atoms with Gasteiger partial charge in [-0.15, -0.1) is 0 Å². The number of carbonyl (C=O) groups is 15. The van der Waals surface area contributed by atoms with Crippen LogP contribution in [0.4, 0.5) is 0 Å². The van der Waals surface area contributed by atoms with Crippen molar-refractivity contribution in [3.8, 4) is 5.75 Å². The molecule has 38 heteroatoms. The van der Waals surface area contributed by atoms with Crippen LogP contribution in [-0.4, -0.2) is 247 Å². The van der Waals surface area contributed by atoms with E-state index >= 15 is 4.79 Å². The first-order valence-electron chi connectivity index (χ1n) is 30.9. The summed E-state index contributed by atoms with van der Waals surface area (Å²) in [5.41, 5.74) is 18.3. The van der Waals surface area contributed by atoms with Crippen LogP contribution < -0.4 is 70.4 Å². The predicted molar refractivity (Wildman–Crippen MR) is 344 cm³/mol. The van der Waals surface area contributed by atoms with E-state index < -0.39 is 206 Å². The summed E-state index contributed by atoms with van der Waals surface area (Å²) in [6.07, 6.45) is -4.25. The predicted octanol–water partition coefficient (Wildman–Crippen LogP) is -7.09. The fraction of sp³-hybridized carbons (Fsp3) is 0.533. The van der Waals surface area contributed by atoms with Gasteiger partial charge in [0, 0.05) is 25.9 Å². The van der Waals surface area contributed by atoms with Gasteiger partial charge in [0.25, 0.3) is 0 Å². The number of carboxylic acid groups (broad SMARTS) is 3. The number of phenols is 1. The third-order valence-corrected chi connectivity index (χ3v) is 15.9. The molecule has 0 bridgehead atoms. The number of carbonyl (C=O) groups excluding carboxylic acids is 12. The number of aliphatic imine (C=N–C) groups is 1. The molecule has 2 aromatic rings. The number of ether oxygens (including phenoxy) is 1. The average molecular weight is 1400 g/mol. The monoisotopic (exact) mass is 1400 g/mol. The van der Waals surface area contributed by atoms with E-state index in [0.717, 1.165) is 10.5 Å². The standard InChI is InChI=1S/C60H85N15O22S/c1-29(65-49(85)34(61)23-31-9-5-4-6-10-31)48(84)74-47(30(2)77)57(93)67-36(19-22-98-3)51(87)66-35(11-7-20-64-60(62)63)50(86)71-40(24-32-13-15-33(78)16-14-32)58(94)75-21-8-12-43(75)56(92)73-42-28-97-46(83)26-39(53(89)68-37(59(95)96)17-18-44(79)80)70-54(90)41(27-76)72-52(88)38(25-45(81)82)69-55(42)91/h4-6,9-10,13-16,29-30,34-43,47,76-78H,7-8,11-12,17-28,61H2,1-3H3,(H,65,85)(H,66,87)(H,67,93)(H,68,89)(H,69,91)(H,70,90)(H,71,86)(H,72,88)(H,73,92)(H,74,84)(H,79,80)(H,81,82)(H,95,96)(H4,62,63,64)/t29-,30+,34-,35-,36-,37-,38?,39-,40-,41-,42?,43-,47-/m0/s1. The number of nitrogens with one attached hydrogen (secondary N) is 10. The van der Waals surface area contributed by atoms with Crippen molar-refractivity contribution >= 4 is 107 Å². The molecule has 2 aromatic carbocycles. The highest BCUT2D eigenvalue weighted by Crippen LogP contribution is 2.22. The van der Waals surface area contributed by atoms with Gasteiger partial charge in [0.2, 0.25) is 65.0 Å². The summed E-state index contributed by atoms with van der Waals surface area (Å²) < 4.78 is 5.27. The van der Waals surface area contributed by atoms with Crippen LogP contribution in [0.1, 0.15) is 82.8 Å². The minimum Gasteiger partial charge on any atom is -0.508 e. The maximum atomic E-state index is 15.0. The van der Waals surface area contributed by atoms with Crippen molar-refractivity contribution in [3.05, 3.63) is 65.7 Å². The third-order valence-electron chi connectivity index (χ3n) is 15.2. The number of benzene rings is 2. The van der Waals surface area contributed by atoms with Crippen LogP contribution in [0.25, 0.3) is 0 Å². The molecule has 11 amide bonds. The number of thioether (sulfide) groups is 1. The van der Waals surface area contributed by atoms with E-state index in [9.17, 15) is 92.7 Å². The van der Waals surface area contributed by atoms with Crippen LogP contribution in [-0.2, 0) is 89.5 Å². The number of esters is 1. The normalized spacial score (nSPS) is 19.9. The van der Waals surface area contributed by atoms with E-state index in [1.165, 1.54) is 49.9 Å². The van der Waals surface area contributed by atoms with Gasteiger partial charge in [0.15, 0.2) is 5.96 Å². The van der Waals surface area contributed by atoms with Crippen molar-refractivity contribution in [2.75, 3.05) is 38.3 Å². The second kappa shape index (κ2) is 39.7. The van der Waals surface area contributed by atoms with Crippen LogP contribution in [0.3, 0.4) is 0 Å². The zero-order valence-electron chi connectivity index (χ0n) is 53.8. The van der Waals surface area contributed by atoms with E-state index in [2.05, 4.69) is 42.2 Å². The first-order valence-corrected chi connectivity index (χ1v) is 32.3. The minimum absolute atomic E-state index is 0.00982. The number of nitrogens with two attached hydrogens (primary N) is 3. The van der Waals surface area contributed by atoms with Crippen molar-refractivity contribution in [2.24, 2.45) is 22.2 Å². The van der Waals surface area contributed by atoms with Gasteiger partial charge in [-0.3, -0.25) is 72.1 Å². The molecule has 2 aliphatic rings. The third kappa shape index (κ3) is 26.4. The number of phenolic OH excluding ortho intramolecular Hbond substituents is 1. The molecule has 2 aliphatic heterocycles. The van der Waals surface area contributed by atoms with E-state index in [0.29, 0.717) is 5.56 Å². The highest BCUT2D eigenvalue weighted by Gasteiger charge is 2.42. The molecular formula is C60H85N15O22S. The Bertz CT molecular complexity index is 3220. The topological polar surface area (TPSA) is 601 Å². The van der Waals surface area contributed by atoms with E-state index in [-0.39, 0.29) is 75.5 Å². The van der Waals surface area contributed by atoms with Gasteiger partial charge >= 0.3 is 23.9 Å². The number of hydrogen-bond donors (Lipinski definition) is 19. The fourth-order valence-electron chi connectivity index (χ4n) is 9.94. The maximum Gasteiger partial charge on any atom is 0.326 e. The number of rotatable bonds is 34. The average Bonchev–Trinajstić information content (AvgIpc) is 1.56. The number of carboxylic acids is 3. The van der Waals surface area contributed by atoms with Gasteiger partial charge in [-0.05, 0) is 94.1 Å². The van der Waals surface area contributed by atoms with Gasteiger partial charge in [0.05, 0.1) is 31.6 Å². The smallest absolute Gasteiger partial charge is 0.326 e. The number of nitrogens with zero attached hydrogens (tertiary/aromatic N) is 2. The molecule has 0 saturated carbocycles. The molecule has 4 rings (SSSR count). The van der Waals surface area contributed by atoms with Crippen molar-refractivity contribution in [1.29, 1.82) is 0 Å². The van der Waals surface area contributed by atoms with Crippen LogP contribution in [0, 0.1) is 0 Å². The van der Waals surface area contributed by atoms with Gasteiger partial charge in [-0.25, -0.2) is 4.79 Å². The Labute approximate surface area is 565 Å². The number of hydrogen-bond acceptors (Lipinski definition) is 22. The van der Waals surface area contributed by atoms with Gasteiger partial charge in [-0.2, -0.15) is 11.8 Å². The Morgan fingerprint density at radius 1 is 0.694 bits per heavy atom. The Kier molecular flexibility index (Phi) is 32.5. The molecule has 0 spiro atoms. The Balaban J connectivity index is 1.64. The molecule has 538 valence electrons. The van der Waals surface area contributed by atoms with Crippen LogP contribution in [0.5, 0.6) is 5.75 Å². The molecule has 2 fully saturated rings.